The maximum atomic E-state index is 12.4. The Kier molecular flexibility index (Phi) is 7.00. The molecule has 2 rings (SSSR count). The van der Waals surface area contributed by atoms with Gasteiger partial charge < -0.3 is 15.4 Å². The number of methoxy groups -OCH3 is 1. The van der Waals surface area contributed by atoms with Gasteiger partial charge >= 0.3 is 5.69 Å². The van der Waals surface area contributed by atoms with E-state index in [1.165, 1.54) is 31.4 Å². The molecule has 11 heteroatoms. The van der Waals surface area contributed by atoms with Crippen LogP contribution in [0.4, 0.5) is 11.4 Å². The predicted molar refractivity (Wildman–Crippen MR) is 106 cm³/mol. The SMILES string of the molecule is COc1ccc(NC(NC(=O)c2ccccc2Cl)C(Cl)(Cl)Cl)cc1[N+](=O)[O-]. The van der Waals surface area contributed by atoms with Crippen LogP contribution in [-0.2, 0) is 0 Å². The molecule has 0 aliphatic rings. The normalized spacial score (nSPS) is 12.2. The zero-order valence-corrected chi connectivity index (χ0v) is 16.7. The molecule has 0 heterocycles. The van der Waals surface area contributed by atoms with E-state index in [0.717, 1.165) is 0 Å². The van der Waals surface area contributed by atoms with Crippen molar-refractivity contribution in [1.82, 2.24) is 5.32 Å². The van der Waals surface area contributed by atoms with Crippen LogP contribution in [0.1, 0.15) is 10.4 Å². The van der Waals surface area contributed by atoms with Crippen LogP contribution >= 0.6 is 46.4 Å². The van der Waals surface area contributed by atoms with Crippen LogP contribution in [0.2, 0.25) is 5.02 Å². The molecule has 0 saturated heterocycles. The van der Waals surface area contributed by atoms with Crippen LogP contribution in [0.5, 0.6) is 5.75 Å². The van der Waals surface area contributed by atoms with Crippen LogP contribution in [0.25, 0.3) is 0 Å². The van der Waals surface area contributed by atoms with E-state index in [9.17, 15) is 14.9 Å². The van der Waals surface area contributed by atoms with Gasteiger partial charge in [-0.1, -0.05) is 58.5 Å². The fourth-order valence-corrected chi connectivity index (χ4v) is 2.69. The van der Waals surface area contributed by atoms with Crippen molar-refractivity contribution in [3.63, 3.8) is 0 Å². The molecule has 1 amide bonds. The second-order valence-corrected chi connectivity index (χ2v) is 7.99. The number of alkyl halides is 3. The molecule has 0 bridgehead atoms. The Labute approximate surface area is 174 Å². The van der Waals surface area contributed by atoms with Gasteiger partial charge in [-0.3, -0.25) is 14.9 Å². The van der Waals surface area contributed by atoms with E-state index in [2.05, 4.69) is 10.6 Å². The van der Waals surface area contributed by atoms with Gasteiger partial charge in [-0.15, -0.1) is 0 Å². The summed E-state index contributed by atoms with van der Waals surface area (Å²) in [5.41, 5.74) is 0.127. The molecule has 1 unspecified atom stereocenters. The van der Waals surface area contributed by atoms with Gasteiger partial charge in [-0.25, -0.2) is 0 Å². The topological polar surface area (TPSA) is 93.5 Å². The molecule has 1 atom stereocenters. The van der Waals surface area contributed by atoms with E-state index < -0.39 is 20.8 Å². The number of nitrogens with zero attached hydrogens (tertiary/aromatic N) is 1. The zero-order chi connectivity index (χ0) is 20.2. The number of benzene rings is 2. The van der Waals surface area contributed by atoms with Gasteiger partial charge in [0.15, 0.2) is 5.75 Å². The number of nitro groups is 1. The van der Waals surface area contributed by atoms with Gasteiger partial charge in [-0.05, 0) is 24.3 Å². The molecular formula is C16H13Cl4N3O4. The Morgan fingerprint density at radius 2 is 1.89 bits per heavy atom. The van der Waals surface area contributed by atoms with Crippen LogP contribution < -0.4 is 15.4 Å². The first-order valence-corrected chi connectivity index (χ1v) is 8.85. The first-order valence-electron chi connectivity index (χ1n) is 7.34. The van der Waals surface area contributed by atoms with E-state index in [1.807, 2.05) is 0 Å². The average molecular weight is 453 g/mol. The predicted octanol–water partition coefficient (Wildman–Crippen LogP) is 4.80. The second kappa shape index (κ2) is 8.84. The Balaban J connectivity index is 2.28. The monoisotopic (exact) mass is 451 g/mol. The Morgan fingerprint density at radius 3 is 2.44 bits per heavy atom. The summed E-state index contributed by atoms with van der Waals surface area (Å²) in [6.45, 7) is 0. The largest absolute Gasteiger partial charge is 0.490 e. The summed E-state index contributed by atoms with van der Waals surface area (Å²) < 4.78 is 2.97. The summed E-state index contributed by atoms with van der Waals surface area (Å²) in [5, 5.41) is 16.6. The molecule has 2 aromatic carbocycles. The third-order valence-electron chi connectivity index (χ3n) is 3.41. The number of carbonyl (C=O) groups is 1. The summed E-state index contributed by atoms with van der Waals surface area (Å²) in [6, 6.07) is 10.4. The van der Waals surface area contributed by atoms with Crippen LogP contribution in [0.3, 0.4) is 0 Å². The van der Waals surface area contributed by atoms with Crippen molar-refractivity contribution in [3.05, 3.63) is 63.2 Å². The molecule has 144 valence electrons. The van der Waals surface area contributed by atoms with E-state index in [1.54, 1.807) is 18.2 Å². The highest BCUT2D eigenvalue weighted by molar-refractivity contribution is 6.68. The third-order valence-corrected chi connectivity index (χ3v) is 4.39. The molecule has 2 N–H and O–H groups in total. The summed E-state index contributed by atoms with van der Waals surface area (Å²) in [5.74, 6) is -0.525. The molecule has 0 spiro atoms. The molecule has 0 aliphatic carbocycles. The molecular weight excluding hydrogens is 440 g/mol. The van der Waals surface area contributed by atoms with Crippen molar-refractivity contribution < 1.29 is 14.5 Å². The molecule has 0 fully saturated rings. The molecule has 7 nitrogen and oxygen atoms in total. The number of anilines is 1. The van der Waals surface area contributed by atoms with Crippen molar-refractivity contribution in [2.75, 3.05) is 12.4 Å². The zero-order valence-electron chi connectivity index (χ0n) is 13.7. The minimum atomic E-state index is -1.97. The van der Waals surface area contributed by atoms with Crippen molar-refractivity contribution >= 4 is 63.7 Å². The van der Waals surface area contributed by atoms with Gasteiger partial charge in [-0.2, -0.15) is 0 Å². The number of nitro benzene ring substituents is 1. The number of nitrogens with one attached hydrogen (secondary N) is 2. The van der Waals surface area contributed by atoms with Crippen molar-refractivity contribution in [2.24, 2.45) is 0 Å². The number of halogens is 4. The smallest absolute Gasteiger partial charge is 0.312 e. The Morgan fingerprint density at radius 1 is 1.22 bits per heavy atom. The molecule has 0 aliphatic heterocycles. The second-order valence-electron chi connectivity index (χ2n) is 5.22. The number of rotatable bonds is 6. The lowest BCUT2D eigenvalue weighted by molar-refractivity contribution is -0.385. The first kappa shape index (κ1) is 21.4. The molecule has 2 aromatic rings. The minimum Gasteiger partial charge on any atom is -0.490 e. The summed E-state index contributed by atoms with van der Waals surface area (Å²) in [6.07, 6.45) is -1.21. The van der Waals surface area contributed by atoms with Crippen LogP contribution in [0, 0.1) is 10.1 Å². The number of hydrogen-bond donors (Lipinski definition) is 2. The van der Waals surface area contributed by atoms with E-state index in [-0.39, 0.29) is 27.7 Å². The van der Waals surface area contributed by atoms with Gasteiger partial charge in [0.05, 0.1) is 22.6 Å². The van der Waals surface area contributed by atoms with E-state index in [4.69, 9.17) is 51.1 Å². The van der Waals surface area contributed by atoms with Crippen molar-refractivity contribution in [2.45, 2.75) is 9.96 Å². The number of carbonyl (C=O) groups excluding carboxylic acids is 1. The highest BCUT2D eigenvalue weighted by Gasteiger charge is 2.35. The summed E-state index contributed by atoms with van der Waals surface area (Å²) in [4.78, 5) is 23.0. The van der Waals surface area contributed by atoms with E-state index in [0.29, 0.717) is 0 Å². The minimum absolute atomic E-state index is 0.0658. The number of hydrogen-bond acceptors (Lipinski definition) is 5. The quantitative estimate of drug-likeness (QED) is 0.284. The Hall–Kier alpha value is -1.93. The van der Waals surface area contributed by atoms with Gasteiger partial charge in [0.1, 0.15) is 6.17 Å². The van der Waals surface area contributed by atoms with Gasteiger partial charge in [0.2, 0.25) is 3.79 Å². The fraction of sp³-hybridized carbons (Fsp3) is 0.188. The third kappa shape index (κ3) is 5.52. The van der Waals surface area contributed by atoms with E-state index >= 15 is 0 Å². The van der Waals surface area contributed by atoms with Crippen molar-refractivity contribution in [1.29, 1.82) is 0 Å². The van der Waals surface area contributed by atoms with Crippen LogP contribution in [-0.4, -0.2) is 27.9 Å². The highest BCUT2D eigenvalue weighted by atomic mass is 35.6. The Bertz CT molecular complexity index is 858. The standard InChI is InChI=1S/C16H13Cl4N3O4/c1-27-13-7-6-9(8-12(13)23(25)26)21-15(16(18,19)20)22-14(24)10-4-2-3-5-11(10)17/h2-8,15,21H,1H3,(H,22,24). The van der Waals surface area contributed by atoms with Gasteiger partial charge in [0, 0.05) is 11.8 Å². The lowest BCUT2D eigenvalue weighted by Gasteiger charge is -2.27. The number of amides is 1. The number of ether oxygens (including phenoxy) is 1. The van der Waals surface area contributed by atoms with Crippen LogP contribution in [0.15, 0.2) is 42.5 Å². The first-order chi connectivity index (χ1) is 12.6. The maximum absolute atomic E-state index is 12.4. The maximum Gasteiger partial charge on any atom is 0.312 e. The summed E-state index contributed by atoms with van der Waals surface area (Å²) in [7, 11) is 1.31. The average Bonchev–Trinajstić information content (AvgIpc) is 2.60. The lowest BCUT2D eigenvalue weighted by Crippen LogP contribution is -2.49. The molecule has 0 aromatic heterocycles. The van der Waals surface area contributed by atoms with Gasteiger partial charge in [0.25, 0.3) is 5.91 Å². The van der Waals surface area contributed by atoms with Crippen molar-refractivity contribution in [3.8, 4) is 5.75 Å². The summed E-state index contributed by atoms with van der Waals surface area (Å²) >= 11 is 23.8. The molecule has 0 saturated carbocycles. The highest BCUT2D eigenvalue weighted by Crippen LogP contribution is 2.34. The molecule has 27 heavy (non-hydrogen) atoms. The fourth-order valence-electron chi connectivity index (χ4n) is 2.14. The lowest BCUT2D eigenvalue weighted by atomic mass is 10.2. The molecule has 0 radical (unpaired) electrons.